The summed E-state index contributed by atoms with van der Waals surface area (Å²) in [5, 5.41) is 15.4. The van der Waals surface area contributed by atoms with Gasteiger partial charge in [0.2, 0.25) is 0 Å². The summed E-state index contributed by atoms with van der Waals surface area (Å²) in [7, 11) is 3.07. The topological polar surface area (TPSA) is 79.8 Å². The van der Waals surface area contributed by atoms with Crippen LogP contribution in [0.4, 0.5) is 10.5 Å². The molecule has 0 spiro atoms. The minimum Gasteiger partial charge on any atom is -0.493 e. The molecule has 6 nitrogen and oxygen atoms in total. The Kier molecular flexibility index (Phi) is 6.03. The maximum absolute atomic E-state index is 12.0. The van der Waals surface area contributed by atoms with E-state index < -0.39 is 12.1 Å². The number of anilines is 1. The number of hydrogen-bond donors (Lipinski definition) is 3. The standard InChI is InChI=1S/C18H22N2O4/c1-12-4-6-13(7-5-12)15(21)11-19-18(22)20-14-8-9-16(23-2)17(10-14)24-3/h4-10,15,21H,11H2,1-3H3,(H2,19,20,22)/t15-/m1/s1. The van der Waals surface area contributed by atoms with Crippen molar-refractivity contribution in [3.05, 3.63) is 53.6 Å². The molecule has 0 bridgehead atoms. The van der Waals surface area contributed by atoms with Gasteiger partial charge in [-0.05, 0) is 24.6 Å². The maximum atomic E-state index is 12.0. The van der Waals surface area contributed by atoms with Gasteiger partial charge in [-0.25, -0.2) is 4.79 Å². The van der Waals surface area contributed by atoms with Crippen molar-refractivity contribution >= 4 is 11.7 Å². The molecule has 2 aromatic carbocycles. The van der Waals surface area contributed by atoms with Crippen molar-refractivity contribution in [2.45, 2.75) is 13.0 Å². The molecule has 0 saturated carbocycles. The summed E-state index contributed by atoms with van der Waals surface area (Å²) in [4.78, 5) is 12.0. The molecule has 0 aliphatic heterocycles. The van der Waals surface area contributed by atoms with Crippen LogP contribution in [0.2, 0.25) is 0 Å². The van der Waals surface area contributed by atoms with Crippen molar-refractivity contribution in [1.82, 2.24) is 5.32 Å². The summed E-state index contributed by atoms with van der Waals surface area (Å²) >= 11 is 0. The highest BCUT2D eigenvalue weighted by molar-refractivity contribution is 5.89. The minimum absolute atomic E-state index is 0.113. The van der Waals surface area contributed by atoms with E-state index in [4.69, 9.17) is 9.47 Å². The van der Waals surface area contributed by atoms with Gasteiger partial charge in [-0.2, -0.15) is 0 Å². The van der Waals surface area contributed by atoms with E-state index in [-0.39, 0.29) is 6.54 Å². The molecular weight excluding hydrogens is 308 g/mol. The number of nitrogens with one attached hydrogen (secondary N) is 2. The lowest BCUT2D eigenvalue weighted by Crippen LogP contribution is -2.32. The summed E-state index contributed by atoms with van der Waals surface area (Å²) in [6, 6.07) is 12.2. The van der Waals surface area contributed by atoms with Crippen molar-refractivity contribution in [3.8, 4) is 11.5 Å². The molecule has 0 aliphatic carbocycles. The second-order valence-electron chi connectivity index (χ2n) is 5.33. The Morgan fingerprint density at radius 3 is 2.38 bits per heavy atom. The lowest BCUT2D eigenvalue weighted by atomic mass is 10.1. The largest absolute Gasteiger partial charge is 0.493 e. The van der Waals surface area contributed by atoms with E-state index in [1.807, 2.05) is 31.2 Å². The minimum atomic E-state index is -0.762. The lowest BCUT2D eigenvalue weighted by Gasteiger charge is -2.14. The second-order valence-corrected chi connectivity index (χ2v) is 5.33. The molecule has 0 aromatic heterocycles. The molecule has 24 heavy (non-hydrogen) atoms. The number of amides is 2. The summed E-state index contributed by atoms with van der Waals surface area (Å²) in [5.74, 6) is 1.10. The van der Waals surface area contributed by atoms with Crippen molar-refractivity contribution in [1.29, 1.82) is 0 Å². The Morgan fingerprint density at radius 1 is 1.08 bits per heavy atom. The number of carbonyl (C=O) groups is 1. The molecule has 0 fully saturated rings. The van der Waals surface area contributed by atoms with Crippen LogP contribution in [0.5, 0.6) is 11.5 Å². The number of aliphatic hydroxyl groups is 1. The molecule has 1 atom stereocenters. The molecule has 2 aromatic rings. The zero-order chi connectivity index (χ0) is 17.5. The Hall–Kier alpha value is -2.73. The first-order valence-corrected chi connectivity index (χ1v) is 7.55. The molecular formula is C18H22N2O4. The van der Waals surface area contributed by atoms with Crippen LogP contribution in [0.15, 0.2) is 42.5 Å². The van der Waals surface area contributed by atoms with Gasteiger partial charge >= 0.3 is 6.03 Å². The fourth-order valence-corrected chi connectivity index (χ4v) is 2.19. The summed E-state index contributed by atoms with van der Waals surface area (Å²) in [5.41, 5.74) is 2.44. The first-order chi connectivity index (χ1) is 11.5. The monoisotopic (exact) mass is 330 g/mol. The van der Waals surface area contributed by atoms with Gasteiger partial charge in [0.1, 0.15) is 0 Å². The summed E-state index contributed by atoms with van der Waals surface area (Å²) < 4.78 is 10.3. The normalized spacial score (nSPS) is 11.5. The fraction of sp³-hybridized carbons (Fsp3) is 0.278. The van der Waals surface area contributed by atoms with E-state index in [9.17, 15) is 9.90 Å². The Balaban J connectivity index is 1.90. The number of ether oxygens (including phenoxy) is 2. The number of benzene rings is 2. The maximum Gasteiger partial charge on any atom is 0.319 e. The molecule has 6 heteroatoms. The van der Waals surface area contributed by atoms with Crippen LogP contribution in [-0.2, 0) is 0 Å². The first-order valence-electron chi connectivity index (χ1n) is 7.55. The number of aryl methyl sites for hydroxylation is 1. The number of carbonyl (C=O) groups excluding carboxylic acids is 1. The zero-order valence-corrected chi connectivity index (χ0v) is 14.0. The van der Waals surface area contributed by atoms with Gasteiger partial charge in [-0.15, -0.1) is 0 Å². The average Bonchev–Trinajstić information content (AvgIpc) is 2.60. The zero-order valence-electron chi connectivity index (χ0n) is 14.0. The van der Waals surface area contributed by atoms with Gasteiger partial charge in [0.05, 0.1) is 20.3 Å². The van der Waals surface area contributed by atoms with Crippen LogP contribution < -0.4 is 20.1 Å². The van der Waals surface area contributed by atoms with Crippen LogP contribution >= 0.6 is 0 Å². The highest BCUT2D eigenvalue weighted by Gasteiger charge is 2.10. The number of aliphatic hydroxyl groups excluding tert-OH is 1. The van der Waals surface area contributed by atoms with E-state index >= 15 is 0 Å². The predicted octanol–water partition coefficient (Wildman–Crippen LogP) is 2.87. The van der Waals surface area contributed by atoms with E-state index in [0.29, 0.717) is 17.2 Å². The fourth-order valence-electron chi connectivity index (χ4n) is 2.19. The third-order valence-corrected chi connectivity index (χ3v) is 3.56. The molecule has 0 aliphatic rings. The first kappa shape index (κ1) is 17.6. The van der Waals surface area contributed by atoms with E-state index in [0.717, 1.165) is 11.1 Å². The van der Waals surface area contributed by atoms with E-state index in [1.54, 1.807) is 25.3 Å². The molecule has 2 rings (SSSR count). The van der Waals surface area contributed by atoms with Crippen LogP contribution in [-0.4, -0.2) is 31.9 Å². The van der Waals surface area contributed by atoms with Crippen LogP contribution in [0, 0.1) is 6.92 Å². The highest BCUT2D eigenvalue weighted by atomic mass is 16.5. The molecule has 0 unspecified atom stereocenters. The predicted molar refractivity (Wildman–Crippen MR) is 92.7 cm³/mol. The Labute approximate surface area is 141 Å². The van der Waals surface area contributed by atoms with Gasteiger partial charge in [0, 0.05) is 18.3 Å². The number of rotatable bonds is 6. The molecule has 128 valence electrons. The van der Waals surface area contributed by atoms with E-state index in [1.165, 1.54) is 7.11 Å². The Morgan fingerprint density at radius 2 is 1.75 bits per heavy atom. The molecule has 0 heterocycles. The number of urea groups is 1. The van der Waals surface area contributed by atoms with E-state index in [2.05, 4.69) is 10.6 Å². The SMILES string of the molecule is COc1ccc(NC(=O)NC[C@@H](O)c2ccc(C)cc2)cc1OC. The second kappa shape index (κ2) is 8.21. The average molecular weight is 330 g/mol. The molecule has 0 saturated heterocycles. The van der Waals surface area contributed by atoms with Gasteiger partial charge in [0.25, 0.3) is 0 Å². The third kappa shape index (κ3) is 4.63. The summed E-state index contributed by atoms with van der Waals surface area (Å²) in [6.45, 7) is 2.09. The third-order valence-electron chi connectivity index (χ3n) is 3.56. The van der Waals surface area contributed by atoms with Crippen molar-refractivity contribution in [2.24, 2.45) is 0 Å². The molecule has 0 radical (unpaired) electrons. The number of hydrogen-bond acceptors (Lipinski definition) is 4. The van der Waals surface area contributed by atoms with Crippen LogP contribution in [0.3, 0.4) is 0 Å². The van der Waals surface area contributed by atoms with Crippen molar-refractivity contribution < 1.29 is 19.4 Å². The summed E-state index contributed by atoms with van der Waals surface area (Å²) in [6.07, 6.45) is -0.762. The van der Waals surface area contributed by atoms with Gasteiger partial charge in [0.15, 0.2) is 11.5 Å². The molecule has 3 N–H and O–H groups in total. The quantitative estimate of drug-likeness (QED) is 0.761. The highest BCUT2D eigenvalue weighted by Crippen LogP contribution is 2.29. The molecule has 2 amide bonds. The van der Waals surface area contributed by atoms with Gasteiger partial charge in [-0.3, -0.25) is 0 Å². The van der Waals surface area contributed by atoms with Crippen molar-refractivity contribution in [3.63, 3.8) is 0 Å². The van der Waals surface area contributed by atoms with Crippen LogP contribution in [0.25, 0.3) is 0 Å². The lowest BCUT2D eigenvalue weighted by molar-refractivity contribution is 0.175. The number of methoxy groups -OCH3 is 2. The Bertz CT molecular complexity index is 686. The van der Waals surface area contributed by atoms with Crippen molar-refractivity contribution in [2.75, 3.05) is 26.1 Å². The van der Waals surface area contributed by atoms with Gasteiger partial charge in [-0.1, -0.05) is 29.8 Å². The van der Waals surface area contributed by atoms with Gasteiger partial charge < -0.3 is 25.2 Å². The van der Waals surface area contributed by atoms with Crippen LogP contribution in [0.1, 0.15) is 17.2 Å². The smallest absolute Gasteiger partial charge is 0.319 e.